The Morgan fingerprint density at radius 2 is 1.05 bits per heavy atom. The van der Waals surface area contributed by atoms with E-state index in [0.717, 1.165) is 0 Å². The third-order valence-corrected chi connectivity index (χ3v) is 6.87. The van der Waals surface area contributed by atoms with Gasteiger partial charge in [-0.2, -0.15) is 0 Å². The van der Waals surface area contributed by atoms with Gasteiger partial charge in [0.05, 0.1) is 37.0 Å². The second kappa shape index (κ2) is 8.97. The molecule has 0 aromatic heterocycles. The normalized spacial score (nSPS) is 12.5. The summed E-state index contributed by atoms with van der Waals surface area (Å²) in [6.45, 7) is 7.93. The average Bonchev–Trinajstić information content (AvgIpc) is 2.48. The van der Waals surface area contributed by atoms with Crippen molar-refractivity contribution < 1.29 is 27.2 Å². The molecule has 0 saturated carbocycles. The van der Waals surface area contributed by atoms with Gasteiger partial charge >= 0.3 is 15.2 Å². The van der Waals surface area contributed by atoms with Crippen molar-refractivity contribution in [2.24, 2.45) is 0 Å². The summed E-state index contributed by atoms with van der Waals surface area (Å²) < 4.78 is 46.8. The topological polar surface area (TPSA) is 71.1 Å². The molecule has 8 heteroatoms. The molecule has 0 aliphatic rings. The predicted molar refractivity (Wildman–Crippen MR) is 87.4 cm³/mol. The number of rotatable bonds is 10. The largest absolute Gasteiger partial charge is 0.361 e. The maximum absolute atomic E-state index is 12.8. The van der Waals surface area contributed by atoms with Gasteiger partial charge in [-0.1, -0.05) is 6.07 Å². The van der Waals surface area contributed by atoms with Crippen LogP contribution in [0.5, 0.6) is 0 Å². The first-order valence-electron chi connectivity index (χ1n) is 7.35. The zero-order valence-corrected chi connectivity index (χ0v) is 15.3. The van der Waals surface area contributed by atoms with Gasteiger partial charge in [0.25, 0.3) is 0 Å². The molecule has 0 N–H and O–H groups in total. The quantitative estimate of drug-likeness (QED) is 0.602. The van der Waals surface area contributed by atoms with Crippen LogP contribution in [-0.4, -0.2) is 26.4 Å². The van der Waals surface area contributed by atoms with Gasteiger partial charge in [-0.05, 0) is 45.9 Å². The third kappa shape index (κ3) is 4.76. The SMILES string of the molecule is CCOP(=O)(OCC)c1cccc(P(=O)(OCC)OCC)c1. The smallest absolute Gasteiger partial charge is 0.305 e. The van der Waals surface area contributed by atoms with Crippen molar-refractivity contribution in [3.05, 3.63) is 24.3 Å². The fraction of sp³-hybridized carbons (Fsp3) is 0.571. The van der Waals surface area contributed by atoms with Crippen molar-refractivity contribution in [2.45, 2.75) is 27.7 Å². The summed E-state index contributed by atoms with van der Waals surface area (Å²) in [6.07, 6.45) is 0. The molecule has 126 valence electrons. The van der Waals surface area contributed by atoms with Crippen LogP contribution in [0.1, 0.15) is 27.7 Å². The molecule has 0 atom stereocenters. The summed E-state index contributed by atoms with van der Waals surface area (Å²) in [5, 5.41) is 0.682. The van der Waals surface area contributed by atoms with Gasteiger partial charge in [0.2, 0.25) is 0 Å². The van der Waals surface area contributed by atoms with E-state index < -0.39 is 15.2 Å². The Morgan fingerprint density at radius 3 is 1.32 bits per heavy atom. The van der Waals surface area contributed by atoms with Crippen LogP contribution in [0.15, 0.2) is 24.3 Å². The highest BCUT2D eigenvalue weighted by Crippen LogP contribution is 2.49. The van der Waals surface area contributed by atoms with Crippen LogP contribution in [0.2, 0.25) is 0 Å². The van der Waals surface area contributed by atoms with Crippen LogP contribution in [0.25, 0.3) is 0 Å². The van der Waals surface area contributed by atoms with E-state index in [0.29, 0.717) is 10.6 Å². The first kappa shape index (κ1) is 19.6. The molecule has 0 heterocycles. The van der Waals surface area contributed by atoms with E-state index >= 15 is 0 Å². The molecule has 0 bridgehead atoms. The van der Waals surface area contributed by atoms with Crippen LogP contribution in [-0.2, 0) is 27.2 Å². The Balaban J connectivity index is 3.27. The number of hydrogen-bond acceptors (Lipinski definition) is 6. The van der Waals surface area contributed by atoms with Crippen molar-refractivity contribution in [3.8, 4) is 0 Å². The standard InChI is InChI=1S/C14H24O6P2/c1-5-17-21(15,18-6-2)13-10-9-11-14(12-13)22(16,19-7-3)20-8-4/h9-12H,5-8H2,1-4H3. The van der Waals surface area contributed by atoms with E-state index in [1.807, 2.05) is 0 Å². The Labute approximate surface area is 132 Å². The van der Waals surface area contributed by atoms with E-state index in [1.165, 1.54) is 6.07 Å². The molecule has 22 heavy (non-hydrogen) atoms. The van der Waals surface area contributed by atoms with Crippen molar-refractivity contribution >= 4 is 25.8 Å². The lowest BCUT2D eigenvalue weighted by atomic mass is 10.4. The molecule has 6 nitrogen and oxygen atoms in total. The molecule has 0 spiro atoms. The van der Waals surface area contributed by atoms with Crippen LogP contribution < -0.4 is 10.6 Å². The lowest BCUT2D eigenvalue weighted by molar-refractivity contribution is 0.230. The summed E-state index contributed by atoms with van der Waals surface area (Å²) >= 11 is 0. The van der Waals surface area contributed by atoms with E-state index in [2.05, 4.69) is 0 Å². The Kier molecular flexibility index (Phi) is 7.98. The molecule has 1 aromatic rings. The van der Waals surface area contributed by atoms with Gasteiger partial charge < -0.3 is 18.1 Å². The lowest BCUT2D eigenvalue weighted by Crippen LogP contribution is -2.18. The monoisotopic (exact) mass is 350 g/mol. The highest BCUT2D eigenvalue weighted by atomic mass is 31.2. The molecule has 1 rings (SSSR count). The summed E-state index contributed by atoms with van der Waals surface area (Å²) in [6, 6.07) is 6.40. The first-order valence-corrected chi connectivity index (χ1v) is 10.4. The van der Waals surface area contributed by atoms with Gasteiger partial charge in [0.1, 0.15) is 0 Å². The Hall–Kier alpha value is -0.480. The van der Waals surface area contributed by atoms with Crippen molar-refractivity contribution in [3.63, 3.8) is 0 Å². The van der Waals surface area contributed by atoms with Crippen molar-refractivity contribution in [2.75, 3.05) is 26.4 Å². The average molecular weight is 350 g/mol. The molecule has 0 saturated heterocycles. The van der Waals surface area contributed by atoms with E-state index in [1.54, 1.807) is 45.9 Å². The van der Waals surface area contributed by atoms with Gasteiger partial charge in [0.15, 0.2) is 0 Å². The zero-order chi connectivity index (χ0) is 16.6. The third-order valence-electron chi connectivity index (χ3n) is 2.66. The molecular formula is C14H24O6P2. The maximum Gasteiger partial charge on any atom is 0.361 e. The van der Waals surface area contributed by atoms with Gasteiger partial charge in [-0.15, -0.1) is 0 Å². The van der Waals surface area contributed by atoms with E-state index in [9.17, 15) is 9.13 Å². The molecule has 0 radical (unpaired) electrons. The maximum atomic E-state index is 12.8. The van der Waals surface area contributed by atoms with E-state index in [-0.39, 0.29) is 26.4 Å². The fourth-order valence-corrected chi connectivity index (χ4v) is 5.22. The van der Waals surface area contributed by atoms with Crippen LogP contribution >= 0.6 is 15.2 Å². The van der Waals surface area contributed by atoms with Gasteiger partial charge in [-0.3, -0.25) is 9.13 Å². The van der Waals surface area contributed by atoms with Crippen molar-refractivity contribution in [1.82, 2.24) is 0 Å². The summed E-state index contributed by atoms with van der Waals surface area (Å²) in [5.74, 6) is 0. The van der Waals surface area contributed by atoms with Crippen LogP contribution in [0.3, 0.4) is 0 Å². The summed E-state index contributed by atoms with van der Waals surface area (Å²) in [7, 11) is -6.88. The highest BCUT2D eigenvalue weighted by Gasteiger charge is 2.31. The molecule has 0 amide bonds. The molecule has 0 fully saturated rings. The van der Waals surface area contributed by atoms with Gasteiger partial charge in [0, 0.05) is 0 Å². The summed E-state index contributed by atoms with van der Waals surface area (Å²) in [4.78, 5) is 0. The zero-order valence-electron chi connectivity index (χ0n) is 13.5. The molecule has 1 aromatic carbocycles. The van der Waals surface area contributed by atoms with Crippen LogP contribution in [0, 0.1) is 0 Å². The van der Waals surface area contributed by atoms with E-state index in [4.69, 9.17) is 18.1 Å². The summed E-state index contributed by atoms with van der Waals surface area (Å²) in [5.41, 5.74) is 0. The Morgan fingerprint density at radius 1 is 0.727 bits per heavy atom. The minimum absolute atomic E-state index is 0.246. The lowest BCUT2D eigenvalue weighted by Gasteiger charge is -2.20. The van der Waals surface area contributed by atoms with Crippen LogP contribution in [0.4, 0.5) is 0 Å². The second-order valence-corrected chi connectivity index (χ2v) is 8.24. The molecule has 0 aliphatic carbocycles. The highest BCUT2D eigenvalue weighted by molar-refractivity contribution is 7.63. The van der Waals surface area contributed by atoms with Crippen molar-refractivity contribution in [1.29, 1.82) is 0 Å². The second-order valence-electron chi connectivity index (χ2n) is 4.19. The first-order chi connectivity index (χ1) is 10.5. The van der Waals surface area contributed by atoms with Gasteiger partial charge in [-0.25, -0.2) is 0 Å². The number of hydrogen-bond donors (Lipinski definition) is 0. The number of benzene rings is 1. The fourth-order valence-electron chi connectivity index (χ4n) is 1.89. The molecule has 0 aliphatic heterocycles. The molecular weight excluding hydrogens is 326 g/mol. The minimum Gasteiger partial charge on any atom is -0.305 e. The predicted octanol–water partition coefficient (Wildman–Crippen LogP) is 3.47. The minimum atomic E-state index is -3.44. The Bertz CT molecular complexity index is 495. The molecule has 0 unspecified atom stereocenters.